The van der Waals surface area contributed by atoms with Gasteiger partial charge in [0.25, 0.3) is 11.1 Å². The van der Waals surface area contributed by atoms with E-state index in [2.05, 4.69) is 45.2 Å². The van der Waals surface area contributed by atoms with Gasteiger partial charge in [-0.05, 0) is 70.2 Å². The van der Waals surface area contributed by atoms with Crippen LogP contribution in [0.25, 0.3) is 66.6 Å². The van der Waals surface area contributed by atoms with Crippen LogP contribution in [0.3, 0.4) is 0 Å². The zero-order valence-corrected chi connectivity index (χ0v) is 29.1. The molecule has 53 heavy (non-hydrogen) atoms. The van der Waals surface area contributed by atoms with Gasteiger partial charge in [-0.1, -0.05) is 30.7 Å². The predicted molar refractivity (Wildman–Crippen MR) is 203 cm³/mol. The van der Waals surface area contributed by atoms with E-state index in [9.17, 15) is 14.0 Å². The Morgan fingerprint density at radius 3 is 1.70 bits per heavy atom. The number of aromatic amines is 4. The van der Waals surface area contributed by atoms with Crippen LogP contribution in [-0.2, 0) is 0 Å². The topological polar surface area (TPSA) is 213 Å². The molecule has 0 atom stereocenters. The van der Waals surface area contributed by atoms with Crippen molar-refractivity contribution in [2.75, 3.05) is 5.32 Å². The number of anilines is 1. The van der Waals surface area contributed by atoms with E-state index in [0.29, 0.717) is 56.4 Å². The van der Waals surface area contributed by atoms with Crippen LogP contribution in [-0.4, -0.2) is 61.9 Å². The lowest BCUT2D eigenvalue weighted by molar-refractivity contribution is 0.418. The van der Waals surface area contributed by atoms with Gasteiger partial charge in [-0.15, -0.1) is 0 Å². The van der Waals surface area contributed by atoms with Crippen molar-refractivity contribution in [2.24, 2.45) is 5.73 Å². The summed E-state index contributed by atoms with van der Waals surface area (Å²) in [7, 11) is 0. The van der Waals surface area contributed by atoms with Gasteiger partial charge in [0.2, 0.25) is 5.95 Å². The molecule has 2 saturated carbocycles. The predicted octanol–water partition coefficient (Wildman–Crippen LogP) is 5.94. The fourth-order valence-corrected chi connectivity index (χ4v) is 6.26. The molecule has 15 heteroatoms. The maximum absolute atomic E-state index is 13.8. The Balaban J connectivity index is 0.000000135. The van der Waals surface area contributed by atoms with Gasteiger partial charge < -0.3 is 31.0 Å². The highest BCUT2D eigenvalue weighted by Crippen LogP contribution is 2.31. The Morgan fingerprint density at radius 1 is 0.717 bits per heavy atom. The first-order chi connectivity index (χ1) is 25.7. The molecule has 2 aliphatic carbocycles. The first kappa shape index (κ1) is 33.8. The average molecular weight is 713 g/mol. The molecular formula is C38H37FN12O2. The van der Waals surface area contributed by atoms with Crippen LogP contribution in [0.1, 0.15) is 49.9 Å². The summed E-state index contributed by atoms with van der Waals surface area (Å²) in [4.78, 5) is 61.2. The second-order valence-electron chi connectivity index (χ2n) is 13.4. The fourth-order valence-electron chi connectivity index (χ4n) is 6.26. The van der Waals surface area contributed by atoms with Crippen molar-refractivity contribution >= 4 is 50.0 Å². The van der Waals surface area contributed by atoms with Crippen molar-refractivity contribution in [2.45, 2.75) is 64.5 Å². The SMILES string of the molecule is Cc1nc2cccc(-c3cc4c(=O)[nH]cnc4[nH]3)c2nc1F.Cc1nc2cccc(-c3cc4c(=O)[nH]cnc4[nH]3)c2nc1NC1CCC1.NC1CCC1. The number of benzene rings is 2. The van der Waals surface area contributed by atoms with Crippen molar-refractivity contribution in [1.82, 2.24) is 49.8 Å². The van der Waals surface area contributed by atoms with Gasteiger partial charge in [-0.2, -0.15) is 4.39 Å². The van der Waals surface area contributed by atoms with Gasteiger partial charge in [0.15, 0.2) is 0 Å². The maximum atomic E-state index is 13.8. The second kappa shape index (κ2) is 14.0. The molecule has 2 fully saturated rings. The summed E-state index contributed by atoms with van der Waals surface area (Å²) >= 11 is 0. The summed E-state index contributed by atoms with van der Waals surface area (Å²) in [5.41, 5.74) is 12.9. The summed E-state index contributed by atoms with van der Waals surface area (Å²) in [6, 6.07) is 15.8. The molecule has 2 aliphatic rings. The number of nitrogens with two attached hydrogens (primary N) is 1. The van der Waals surface area contributed by atoms with Crippen molar-refractivity contribution in [3.8, 4) is 22.5 Å². The van der Waals surface area contributed by atoms with Crippen molar-refractivity contribution in [3.63, 3.8) is 0 Å². The second-order valence-corrected chi connectivity index (χ2v) is 13.4. The van der Waals surface area contributed by atoms with E-state index in [1.54, 1.807) is 25.1 Å². The van der Waals surface area contributed by atoms with E-state index in [1.165, 1.54) is 51.2 Å². The highest BCUT2D eigenvalue weighted by atomic mass is 19.1. The average Bonchev–Trinajstić information content (AvgIpc) is 3.76. The maximum Gasteiger partial charge on any atom is 0.260 e. The highest BCUT2D eigenvalue weighted by molar-refractivity contribution is 5.95. The fraction of sp³-hybridized carbons (Fsp3) is 0.263. The smallest absolute Gasteiger partial charge is 0.260 e. The number of aryl methyl sites for hydroxylation is 2. The van der Waals surface area contributed by atoms with Gasteiger partial charge in [-0.25, -0.2) is 29.9 Å². The number of hydrogen-bond donors (Lipinski definition) is 6. The molecule has 0 aliphatic heterocycles. The van der Waals surface area contributed by atoms with Crippen molar-refractivity contribution in [3.05, 3.63) is 99.2 Å². The van der Waals surface area contributed by atoms with Gasteiger partial charge >= 0.3 is 0 Å². The third kappa shape index (κ3) is 6.73. The lowest BCUT2D eigenvalue weighted by Gasteiger charge is -2.27. The minimum absolute atomic E-state index is 0.160. The van der Waals surface area contributed by atoms with Crippen LogP contribution >= 0.6 is 0 Å². The van der Waals surface area contributed by atoms with Crippen molar-refractivity contribution < 1.29 is 4.39 Å². The third-order valence-corrected chi connectivity index (χ3v) is 9.72. The van der Waals surface area contributed by atoms with E-state index in [1.807, 2.05) is 37.3 Å². The number of halogens is 1. The van der Waals surface area contributed by atoms with Gasteiger partial charge in [0, 0.05) is 23.2 Å². The molecule has 10 rings (SSSR count). The van der Waals surface area contributed by atoms with Gasteiger partial charge in [0.1, 0.15) is 28.1 Å². The summed E-state index contributed by atoms with van der Waals surface area (Å²) in [5.74, 6) is 0.230. The number of fused-ring (bicyclic) bond motifs is 4. The number of nitrogens with zero attached hydrogens (tertiary/aromatic N) is 6. The van der Waals surface area contributed by atoms with Crippen LogP contribution in [0, 0.1) is 19.8 Å². The number of aromatic nitrogens is 10. The molecule has 0 unspecified atom stereocenters. The summed E-state index contributed by atoms with van der Waals surface area (Å²) in [6.45, 7) is 3.55. The molecule has 2 aromatic carbocycles. The van der Waals surface area contributed by atoms with Crippen LogP contribution in [0.4, 0.5) is 10.2 Å². The molecule has 14 nitrogen and oxygen atoms in total. The van der Waals surface area contributed by atoms with E-state index < -0.39 is 5.95 Å². The standard InChI is InChI=1S/C19H18N6O.C15H10FN5O.C4H9N/c1-10-17(23-11-4-2-5-11)25-16-12(6-3-7-14(16)22-10)15-8-13-18(24-15)20-9-21-19(13)26;1-7-13(16)21-12-8(3-2-4-10(12)19-7)11-5-9-14(20-11)17-6-18-15(9)22;5-4-2-1-3-4/h3,6-9,11H,2,4-5H2,1H3,(H,23,25)(H2,20,21,24,26);2-6H,1H3,(H2,17,18,20,22);4H,1-3,5H2. The largest absolute Gasteiger partial charge is 0.366 e. The Hall–Kier alpha value is -6.35. The number of H-pyrrole nitrogens is 4. The molecule has 0 spiro atoms. The summed E-state index contributed by atoms with van der Waals surface area (Å²) in [5, 5.41) is 4.48. The van der Waals surface area contributed by atoms with E-state index in [4.69, 9.17) is 15.7 Å². The molecule has 7 N–H and O–H groups in total. The zero-order valence-electron chi connectivity index (χ0n) is 29.1. The lowest BCUT2D eigenvalue weighted by atomic mass is 9.93. The normalized spacial score (nSPS) is 14.3. The first-order valence-electron chi connectivity index (χ1n) is 17.6. The summed E-state index contributed by atoms with van der Waals surface area (Å²) < 4.78 is 13.8. The number of rotatable bonds is 4. The Morgan fingerprint density at radius 2 is 1.23 bits per heavy atom. The lowest BCUT2D eigenvalue weighted by Crippen LogP contribution is -2.28. The van der Waals surface area contributed by atoms with Crippen molar-refractivity contribution in [1.29, 1.82) is 0 Å². The molecular weight excluding hydrogens is 675 g/mol. The monoisotopic (exact) mass is 712 g/mol. The number of nitrogens with one attached hydrogen (secondary N) is 5. The molecule has 268 valence electrons. The Kier molecular flexibility index (Phi) is 8.92. The molecule has 6 aromatic heterocycles. The van der Waals surface area contributed by atoms with Gasteiger partial charge in [0.05, 0.1) is 57.2 Å². The summed E-state index contributed by atoms with van der Waals surface area (Å²) in [6.07, 6.45) is 10.2. The molecule has 0 saturated heterocycles. The van der Waals surface area contributed by atoms with Gasteiger partial charge in [-0.3, -0.25) is 9.59 Å². The minimum Gasteiger partial charge on any atom is -0.366 e. The molecule has 8 aromatic rings. The number of hydrogen-bond acceptors (Lipinski definition) is 10. The van der Waals surface area contributed by atoms with Crippen LogP contribution < -0.4 is 22.2 Å². The Bertz CT molecular complexity index is 2740. The van der Waals surface area contributed by atoms with E-state index in [0.717, 1.165) is 33.8 Å². The van der Waals surface area contributed by atoms with Crippen LogP contribution in [0.5, 0.6) is 0 Å². The quantitative estimate of drug-likeness (QED) is 0.126. The first-order valence-corrected chi connectivity index (χ1v) is 17.6. The minimum atomic E-state index is -0.605. The molecule has 6 heterocycles. The molecule has 0 radical (unpaired) electrons. The Labute approximate surface area is 301 Å². The van der Waals surface area contributed by atoms with Crippen LogP contribution in [0.2, 0.25) is 0 Å². The molecule has 0 bridgehead atoms. The zero-order chi connectivity index (χ0) is 36.6. The van der Waals surface area contributed by atoms with E-state index >= 15 is 0 Å². The number of para-hydroxylation sites is 2. The highest BCUT2D eigenvalue weighted by Gasteiger charge is 2.20. The molecule has 0 amide bonds. The van der Waals surface area contributed by atoms with E-state index in [-0.39, 0.29) is 16.8 Å². The third-order valence-electron chi connectivity index (χ3n) is 9.72. The van der Waals surface area contributed by atoms with Crippen LogP contribution in [0.15, 0.2) is 70.8 Å².